The molecule has 0 amide bonds. The van der Waals surface area contributed by atoms with Crippen LogP contribution in [-0.2, 0) is 19.5 Å². The molecule has 0 radical (unpaired) electrons. The Bertz CT molecular complexity index is 696. The Kier molecular flexibility index (Phi) is 3.55. The topological polar surface area (TPSA) is 76.1 Å². The van der Waals surface area contributed by atoms with Crippen LogP contribution >= 0.6 is 0 Å². The van der Waals surface area contributed by atoms with Gasteiger partial charge in [-0.1, -0.05) is 17.7 Å². The largest absolute Gasteiger partial charge is 0.391 e. The molecule has 6 nitrogen and oxygen atoms in total. The van der Waals surface area contributed by atoms with Crippen molar-refractivity contribution in [1.29, 1.82) is 0 Å². The Labute approximate surface area is 136 Å². The minimum Gasteiger partial charge on any atom is -0.391 e. The number of piperidine rings is 1. The molecule has 3 heterocycles. The molecule has 7 heteroatoms. The number of aryl methyl sites for hydroxylation is 1. The molecule has 23 heavy (non-hydrogen) atoms. The molecule has 1 aromatic carbocycles. The summed E-state index contributed by atoms with van der Waals surface area (Å²) < 4.78 is 39.0. The van der Waals surface area contributed by atoms with Crippen LogP contribution in [0, 0.1) is 6.92 Å². The summed E-state index contributed by atoms with van der Waals surface area (Å²) in [5.41, 5.74) is 1.01. The molecule has 2 bridgehead atoms. The standard InChI is InChI=1S/C16H21NO5S/c1-11-2-4-13(5-3-11)23(19,20)17-12-8-15(18)14(17)10-16(9-12)21-6-7-22-16/h2-5,12,14-15,18H,6-10H2,1H3. The number of ether oxygens (including phenoxy) is 2. The molecule has 3 fully saturated rings. The van der Waals surface area contributed by atoms with E-state index in [1.54, 1.807) is 24.3 Å². The van der Waals surface area contributed by atoms with Crippen LogP contribution in [0.4, 0.5) is 0 Å². The Balaban J connectivity index is 1.68. The maximum atomic E-state index is 13.0. The van der Waals surface area contributed by atoms with Crippen molar-refractivity contribution in [2.75, 3.05) is 13.2 Å². The fourth-order valence-electron chi connectivity index (χ4n) is 4.08. The maximum Gasteiger partial charge on any atom is 0.243 e. The lowest BCUT2D eigenvalue weighted by Crippen LogP contribution is -2.54. The highest BCUT2D eigenvalue weighted by molar-refractivity contribution is 7.89. The van der Waals surface area contributed by atoms with Gasteiger partial charge >= 0.3 is 0 Å². The Morgan fingerprint density at radius 2 is 1.83 bits per heavy atom. The second-order valence-corrected chi connectivity index (χ2v) is 8.53. The summed E-state index contributed by atoms with van der Waals surface area (Å²) >= 11 is 0. The van der Waals surface area contributed by atoms with Gasteiger partial charge in [0.05, 0.1) is 30.3 Å². The van der Waals surface area contributed by atoms with Crippen molar-refractivity contribution in [3.05, 3.63) is 29.8 Å². The van der Waals surface area contributed by atoms with Crippen molar-refractivity contribution < 1.29 is 23.0 Å². The van der Waals surface area contributed by atoms with Crippen LogP contribution in [0.25, 0.3) is 0 Å². The van der Waals surface area contributed by atoms with Crippen molar-refractivity contribution >= 4 is 10.0 Å². The van der Waals surface area contributed by atoms with Gasteiger partial charge in [0.1, 0.15) is 0 Å². The Morgan fingerprint density at radius 1 is 1.17 bits per heavy atom. The molecule has 1 aromatic rings. The first kappa shape index (κ1) is 15.5. The molecule has 3 unspecified atom stereocenters. The highest BCUT2D eigenvalue weighted by Gasteiger charge is 2.58. The van der Waals surface area contributed by atoms with E-state index in [1.807, 2.05) is 6.92 Å². The van der Waals surface area contributed by atoms with Gasteiger partial charge in [-0.15, -0.1) is 0 Å². The van der Waals surface area contributed by atoms with Gasteiger partial charge in [-0.25, -0.2) is 8.42 Å². The van der Waals surface area contributed by atoms with E-state index in [2.05, 4.69) is 0 Å². The van der Waals surface area contributed by atoms with E-state index < -0.39 is 28.0 Å². The molecular weight excluding hydrogens is 318 g/mol. The first-order valence-electron chi connectivity index (χ1n) is 7.98. The molecule has 0 aliphatic carbocycles. The average molecular weight is 339 g/mol. The van der Waals surface area contributed by atoms with Crippen LogP contribution in [0.2, 0.25) is 0 Å². The summed E-state index contributed by atoms with van der Waals surface area (Å²) in [4.78, 5) is 0.274. The predicted octanol–water partition coefficient (Wildman–Crippen LogP) is 1.02. The van der Waals surface area contributed by atoms with Gasteiger partial charge < -0.3 is 14.6 Å². The third-order valence-corrected chi connectivity index (χ3v) is 7.11. The fraction of sp³-hybridized carbons (Fsp3) is 0.625. The smallest absolute Gasteiger partial charge is 0.243 e. The van der Waals surface area contributed by atoms with Gasteiger partial charge in [0.2, 0.25) is 10.0 Å². The van der Waals surface area contributed by atoms with Crippen molar-refractivity contribution in [2.24, 2.45) is 0 Å². The zero-order valence-electron chi connectivity index (χ0n) is 13.0. The number of rotatable bonds is 2. The Hall–Kier alpha value is -0.990. The summed E-state index contributed by atoms with van der Waals surface area (Å²) in [6.45, 7) is 2.98. The number of benzene rings is 1. The van der Waals surface area contributed by atoms with Crippen molar-refractivity contribution in [2.45, 2.75) is 55.1 Å². The molecule has 1 N–H and O–H groups in total. The summed E-state index contributed by atoms with van der Waals surface area (Å²) in [6, 6.07) is 6.07. The summed E-state index contributed by atoms with van der Waals surface area (Å²) in [5.74, 6) is -0.716. The minimum absolute atomic E-state index is 0.274. The Morgan fingerprint density at radius 3 is 2.43 bits per heavy atom. The molecule has 3 aliphatic rings. The number of hydrogen-bond acceptors (Lipinski definition) is 5. The number of aliphatic hydroxyl groups excluding tert-OH is 1. The number of sulfonamides is 1. The van der Waals surface area contributed by atoms with Crippen LogP contribution in [0.15, 0.2) is 29.2 Å². The first-order chi connectivity index (χ1) is 10.9. The third kappa shape index (κ3) is 2.42. The van der Waals surface area contributed by atoms with Gasteiger partial charge in [-0.3, -0.25) is 0 Å². The van der Waals surface area contributed by atoms with Crippen molar-refractivity contribution in [3.8, 4) is 0 Å². The van der Waals surface area contributed by atoms with E-state index in [-0.39, 0.29) is 10.9 Å². The van der Waals surface area contributed by atoms with Gasteiger partial charge in [0, 0.05) is 18.9 Å². The fourth-order valence-corrected chi connectivity index (χ4v) is 5.93. The quantitative estimate of drug-likeness (QED) is 0.871. The predicted molar refractivity (Wildman–Crippen MR) is 82.3 cm³/mol. The second kappa shape index (κ2) is 5.26. The van der Waals surface area contributed by atoms with Gasteiger partial charge in [-0.2, -0.15) is 4.31 Å². The van der Waals surface area contributed by atoms with E-state index in [9.17, 15) is 13.5 Å². The molecule has 3 atom stereocenters. The van der Waals surface area contributed by atoms with E-state index in [4.69, 9.17) is 9.47 Å². The molecule has 3 aliphatic heterocycles. The first-order valence-corrected chi connectivity index (χ1v) is 9.42. The highest BCUT2D eigenvalue weighted by Crippen LogP contribution is 2.47. The SMILES string of the molecule is Cc1ccc(S(=O)(=O)N2C3CC(O)C2CC2(C3)OCCO2)cc1. The highest BCUT2D eigenvalue weighted by atomic mass is 32.2. The second-order valence-electron chi connectivity index (χ2n) is 6.69. The van der Waals surface area contributed by atoms with E-state index in [0.717, 1.165) is 5.56 Å². The average Bonchev–Trinajstić information content (AvgIpc) is 3.02. The summed E-state index contributed by atoms with van der Waals surface area (Å²) in [7, 11) is -3.63. The number of nitrogens with zero attached hydrogens (tertiary/aromatic N) is 1. The van der Waals surface area contributed by atoms with Crippen LogP contribution in [0.3, 0.4) is 0 Å². The van der Waals surface area contributed by atoms with Gasteiger partial charge in [0.25, 0.3) is 0 Å². The van der Waals surface area contributed by atoms with Crippen LogP contribution < -0.4 is 0 Å². The van der Waals surface area contributed by atoms with E-state index in [0.29, 0.717) is 32.5 Å². The number of fused-ring (bicyclic) bond motifs is 2. The molecule has 3 saturated heterocycles. The zero-order chi connectivity index (χ0) is 16.2. The van der Waals surface area contributed by atoms with Gasteiger partial charge in [-0.05, 0) is 25.5 Å². The molecular formula is C16H21NO5S. The monoisotopic (exact) mass is 339 g/mol. The van der Waals surface area contributed by atoms with Gasteiger partial charge in [0.15, 0.2) is 5.79 Å². The normalized spacial score (nSPS) is 33.4. The summed E-state index contributed by atoms with van der Waals surface area (Å²) in [5, 5.41) is 10.4. The molecule has 126 valence electrons. The van der Waals surface area contributed by atoms with Crippen molar-refractivity contribution in [3.63, 3.8) is 0 Å². The zero-order valence-corrected chi connectivity index (χ0v) is 13.8. The molecule has 4 rings (SSSR count). The van der Waals surface area contributed by atoms with Crippen molar-refractivity contribution in [1.82, 2.24) is 4.31 Å². The van der Waals surface area contributed by atoms with E-state index in [1.165, 1.54) is 4.31 Å². The third-order valence-electron chi connectivity index (χ3n) is 5.12. The maximum absolute atomic E-state index is 13.0. The summed E-state index contributed by atoms with van der Waals surface area (Å²) in [6.07, 6.45) is 0.624. The van der Waals surface area contributed by atoms with Crippen LogP contribution in [0.5, 0.6) is 0 Å². The molecule has 1 spiro atoms. The van der Waals surface area contributed by atoms with Crippen LogP contribution in [0.1, 0.15) is 24.8 Å². The molecule has 0 aromatic heterocycles. The lowest BCUT2D eigenvalue weighted by atomic mass is 9.98. The number of aliphatic hydroxyl groups is 1. The lowest BCUT2D eigenvalue weighted by molar-refractivity contribution is -0.193. The minimum atomic E-state index is -3.63. The number of hydrogen-bond donors (Lipinski definition) is 1. The van der Waals surface area contributed by atoms with E-state index >= 15 is 0 Å². The lowest BCUT2D eigenvalue weighted by Gasteiger charge is -2.42. The molecule has 0 saturated carbocycles. The van der Waals surface area contributed by atoms with Crippen LogP contribution in [-0.4, -0.2) is 55.0 Å².